The van der Waals surface area contributed by atoms with Gasteiger partial charge < -0.3 is 9.68 Å². The zero-order valence-electron chi connectivity index (χ0n) is 16.0. The van der Waals surface area contributed by atoms with E-state index in [1.807, 2.05) is 23.0 Å². The molecular formula is C20H21BClFN4O2. The predicted molar refractivity (Wildman–Crippen MR) is 108 cm³/mol. The molecule has 3 heterocycles. The number of nitrogens with zero attached hydrogens (tertiary/aromatic N) is 4. The van der Waals surface area contributed by atoms with E-state index < -0.39 is 7.12 Å². The van der Waals surface area contributed by atoms with E-state index >= 15 is 0 Å². The van der Waals surface area contributed by atoms with Crippen LogP contribution >= 0.6 is 11.6 Å². The average molecular weight is 415 g/mol. The van der Waals surface area contributed by atoms with Gasteiger partial charge in [-0.25, -0.2) is 9.37 Å². The smallest absolute Gasteiger partial charge is 0.423 e. The van der Waals surface area contributed by atoms with Gasteiger partial charge in [0.25, 0.3) is 0 Å². The number of benzene rings is 1. The van der Waals surface area contributed by atoms with Gasteiger partial charge in [0, 0.05) is 25.4 Å². The van der Waals surface area contributed by atoms with Crippen LogP contribution in [0.25, 0.3) is 0 Å². The Bertz CT molecular complexity index is 998. The van der Waals surface area contributed by atoms with Gasteiger partial charge in [0.2, 0.25) is 0 Å². The normalized spacial score (nSPS) is 17.7. The van der Waals surface area contributed by atoms with Gasteiger partial charge in [-0.1, -0.05) is 28.9 Å². The summed E-state index contributed by atoms with van der Waals surface area (Å²) < 4.78 is 19.7. The standard InChI is InChI=1S/C12H13ClN4.C8H8BFO2/c13-12-10(2-1-5-14-12)6-11-8-17(16-15-11)7-9-3-4-9;1-5-7-4-6(10)2-3-8(7)9(11)12-5/h1-2,5,8-9H,3-4,6-7H2;2-5,11H,1H3/t;5-/m.1/s1. The first-order chi connectivity index (χ1) is 14.0. The van der Waals surface area contributed by atoms with Crippen LogP contribution in [0.15, 0.2) is 42.7 Å². The molecular weight excluding hydrogens is 394 g/mol. The fraction of sp³-hybridized carbons (Fsp3) is 0.350. The number of pyridine rings is 1. The minimum absolute atomic E-state index is 0.217. The van der Waals surface area contributed by atoms with Crippen LogP contribution in [0, 0.1) is 11.7 Å². The van der Waals surface area contributed by atoms with Crippen LogP contribution in [0.3, 0.4) is 0 Å². The highest BCUT2D eigenvalue weighted by molar-refractivity contribution is 6.61. The van der Waals surface area contributed by atoms with E-state index in [1.54, 1.807) is 19.2 Å². The van der Waals surface area contributed by atoms with Gasteiger partial charge >= 0.3 is 7.12 Å². The van der Waals surface area contributed by atoms with Crippen molar-refractivity contribution >= 4 is 24.2 Å². The van der Waals surface area contributed by atoms with Crippen molar-refractivity contribution in [1.82, 2.24) is 20.0 Å². The molecule has 29 heavy (non-hydrogen) atoms. The van der Waals surface area contributed by atoms with Crippen LogP contribution in [0.5, 0.6) is 0 Å². The minimum Gasteiger partial charge on any atom is -0.423 e. The first-order valence-electron chi connectivity index (χ1n) is 9.61. The molecule has 0 radical (unpaired) electrons. The van der Waals surface area contributed by atoms with Gasteiger partial charge in [-0.2, -0.15) is 0 Å². The van der Waals surface area contributed by atoms with Gasteiger partial charge in [-0.3, -0.25) is 4.68 Å². The Hall–Kier alpha value is -2.29. The highest BCUT2D eigenvalue weighted by Gasteiger charge is 2.32. The van der Waals surface area contributed by atoms with Crippen LogP contribution < -0.4 is 5.46 Å². The summed E-state index contributed by atoms with van der Waals surface area (Å²) in [6.07, 6.45) is 6.81. The lowest BCUT2D eigenvalue weighted by atomic mass is 9.79. The molecule has 6 nitrogen and oxygen atoms in total. The maximum Gasteiger partial charge on any atom is 0.491 e. The molecule has 0 bridgehead atoms. The average Bonchev–Trinajstić information content (AvgIpc) is 3.33. The van der Waals surface area contributed by atoms with Gasteiger partial charge in [-0.15, -0.1) is 5.10 Å². The number of hydrogen-bond donors (Lipinski definition) is 1. The summed E-state index contributed by atoms with van der Waals surface area (Å²) in [4.78, 5) is 4.05. The van der Waals surface area contributed by atoms with Gasteiger partial charge in [-0.05, 0) is 60.5 Å². The molecule has 1 N–H and O–H groups in total. The number of halogens is 2. The van der Waals surface area contributed by atoms with Crippen molar-refractivity contribution < 1.29 is 14.1 Å². The van der Waals surface area contributed by atoms with Crippen molar-refractivity contribution in [2.45, 2.75) is 38.8 Å². The summed E-state index contributed by atoms with van der Waals surface area (Å²) in [5.74, 6) is 0.518. The molecule has 0 unspecified atom stereocenters. The third-order valence-corrected chi connectivity index (χ3v) is 5.36. The second-order valence-electron chi connectivity index (χ2n) is 7.41. The Balaban J connectivity index is 0.000000150. The number of aromatic nitrogens is 4. The lowest BCUT2D eigenvalue weighted by Gasteiger charge is -2.02. The van der Waals surface area contributed by atoms with Crippen molar-refractivity contribution in [3.05, 3.63) is 70.5 Å². The molecule has 1 aliphatic heterocycles. The quantitative estimate of drug-likeness (QED) is 0.525. The Morgan fingerprint density at radius 1 is 1.34 bits per heavy atom. The summed E-state index contributed by atoms with van der Waals surface area (Å²) >= 11 is 6.01. The van der Waals surface area contributed by atoms with Crippen molar-refractivity contribution in [1.29, 1.82) is 0 Å². The van der Waals surface area contributed by atoms with Crippen LogP contribution in [0.1, 0.15) is 42.7 Å². The van der Waals surface area contributed by atoms with Crippen molar-refractivity contribution in [3.63, 3.8) is 0 Å². The maximum atomic E-state index is 12.7. The van der Waals surface area contributed by atoms with E-state index in [0.717, 1.165) is 29.3 Å². The SMILES string of the molecule is C[C@H]1OB(O)c2ccc(F)cc21.Clc1ncccc1Cc1cn(CC2CC2)nn1. The summed E-state index contributed by atoms with van der Waals surface area (Å²) in [5.41, 5.74) is 3.35. The van der Waals surface area contributed by atoms with E-state index in [-0.39, 0.29) is 11.9 Å². The zero-order valence-corrected chi connectivity index (χ0v) is 16.8. The maximum absolute atomic E-state index is 12.7. The molecule has 9 heteroatoms. The van der Waals surface area contributed by atoms with Crippen LogP contribution in [0.4, 0.5) is 4.39 Å². The molecule has 0 saturated heterocycles. The van der Waals surface area contributed by atoms with E-state index in [4.69, 9.17) is 16.3 Å². The summed E-state index contributed by atoms with van der Waals surface area (Å²) in [7, 11) is -0.893. The van der Waals surface area contributed by atoms with Gasteiger partial charge in [0.15, 0.2) is 0 Å². The van der Waals surface area contributed by atoms with Gasteiger partial charge in [0.1, 0.15) is 11.0 Å². The molecule has 150 valence electrons. The molecule has 0 spiro atoms. The van der Waals surface area contributed by atoms with Crippen LogP contribution in [-0.4, -0.2) is 32.1 Å². The Labute approximate surface area is 173 Å². The molecule has 3 aromatic rings. The Morgan fingerprint density at radius 3 is 2.93 bits per heavy atom. The van der Waals surface area contributed by atoms with Crippen molar-refractivity contribution in [2.24, 2.45) is 5.92 Å². The van der Waals surface area contributed by atoms with E-state index in [9.17, 15) is 9.41 Å². The molecule has 2 aliphatic rings. The molecule has 1 saturated carbocycles. The van der Waals surface area contributed by atoms with E-state index in [0.29, 0.717) is 17.0 Å². The number of hydrogen-bond acceptors (Lipinski definition) is 5. The van der Waals surface area contributed by atoms with E-state index in [2.05, 4.69) is 15.3 Å². The monoisotopic (exact) mass is 414 g/mol. The first kappa shape index (κ1) is 20.0. The molecule has 1 aliphatic carbocycles. The lowest BCUT2D eigenvalue weighted by molar-refractivity contribution is 0.208. The van der Waals surface area contributed by atoms with Crippen molar-refractivity contribution in [2.75, 3.05) is 0 Å². The van der Waals surface area contributed by atoms with Crippen LogP contribution in [0.2, 0.25) is 5.15 Å². The first-order valence-corrected chi connectivity index (χ1v) is 9.98. The lowest BCUT2D eigenvalue weighted by Crippen LogP contribution is -2.27. The van der Waals surface area contributed by atoms with Crippen molar-refractivity contribution in [3.8, 4) is 0 Å². The Morgan fingerprint density at radius 2 is 2.17 bits per heavy atom. The topological polar surface area (TPSA) is 73.1 Å². The van der Waals surface area contributed by atoms with E-state index in [1.165, 1.54) is 25.0 Å². The molecule has 1 aromatic carbocycles. The molecule has 0 amide bonds. The predicted octanol–water partition coefficient (Wildman–Crippen LogP) is 2.93. The highest BCUT2D eigenvalue weighted by Crippen LogP contribution is 2.30. The van der Waals surface area contributed by atoms with Gasteiger partial charge in [0.05, 0.1) is 11.8 Å². The summed E-state index contributed by atoms with van der Waals surface area (Å²) in [5, 5.41) is 18.1. The second kappa shape index (κ2) is 8.61. The minimum atomic E-state index is -0.893. The molecule has 5 rings (SSSR count). The molecule has 2 aromatic heterocycles. The number of fused-ring (bicyclic) bond motifs is 1. The zero-order chi connectivity index (χ0) is 20.4. The second-order valence-corrected chi connectivity index (χ2v) is 7.77. The molecule has 1 fully saturated rings. The fourth-order valence-corrected chi connectivity index (χ4v) is 3.47. The summed E-state index contributed by atoms with van der Waals surface area (Å²) in [6.45, 7) is 2.78. The third kappa shape index (κ3) is 5.01. The fourth-order valence-electron chi connectivity index (χ4n) is 3.28. The summed E-state index contributed by atoms with van der Waals surface area (Å²) in [6, 6.07) is 8.13. The largest absolute Gasteiger partial charge is 0.491 e. The third-order valence-electron chi connectivity index (χ3n) is 5.02. The van der Waals surface area contributed by atoms with Crippen LogP contribution in [-0.2, 0) is 17.6 Å². The molecule has 1 atom stereocenters. The highest BCUT2D eigenvalue weighted by atomic mass is 35.5. The number of rotatable bonds is 4. The Kier molecular flexibility index (Phi) is 5.94.